The molecule has 1 aromatic carbocycles. The van der Waals surface area contributed by atoms with E-state index in [9.17, 15) is 10.2 Å². The minimum Gasteiger partial charge on any atom is -0.504 e. The van der Waals surface area contributed by atoms with Crippen LogP contribution in [0.4, 0.5) is 0 Å². The molecule has 0 aliphatic carbocycles. The first-order valence-corrected chi connectivity index (χ1v) is 7.87. The summed E-state index contributed by atoms with van der Waals surface area (Å²) in [6, 6.07) is 3.49. The maximum Gasteiger partial charge on any atom is 0.162 e. The first kappa shape index (κ1) is 15.6. The van der Waals surface area contributed by atoms with E-state index in [1.54, 1.807) is 6.07 Å². The van der Waals surface area contributed by atoms with Crippen LogP contribution in [-0.4, -0.2) is 72.6 Å². The van der Waals surface area contributed by atoms with Crippen molar-refractivity contribution in [2.45, 2.75) is 13.1 Å². The van der Waals surface area contributed by atoms with E-state index in [-0.39, 0.29) is 11.5 Å². The normalized spacial score (nSPS) is 21.1. The summed E-state index contributed by atoms with van der Waals surface area (Å²) < 4.78 is 10.7. The second-order valence-electron chi connectivity index (χ2n) is 5.85. The quantitative estimate of drug-likeness (QED) is 0.801. The molecule has 0 saturated carbocycles. The van der Waals surface area contributed by atoms with Gasteiger partial charge < -0.3 is 19.7 Å². The van der Waals surface area contributed by atoms with E-state index in [0.717, 1.165) is 70.3 Å². The molecule has 6 nitrogen and oxygen atoms in total. The van der Waals surface area contributed by atoms with Crippen molar-refractivity contribution < 1.29 is 19.7 Å². The summed E-state index contributed by atoms with van der Waals surface area (Å²) in [5, 5.41) is 20.1. The van der Waals surface area contributed by atoms with Gasteiger partial charge in [-0.05, 0) is 11.6 Å². The molecule has 0 aromatic heterocycles. The van der Waals surface area contributed by atoms with Crippen molar-refractivity contribution in [3.05, 3.63) is 23.3 Å². The van der Waals surface area contributed by atoms with Gasteiger partial charge in [-0.3, -0.25) is 9.80 Å². The highest BCUT2D eigenvalue weighted by Gasteiger charge is 2.20. The Bertz CT molecular complexity index is 497. The molecule has 0 unspecified atom stereocenters. The van der Waals surface area contributed by atoms with Crippen molar-refractivity contribution in [3.8, 4) is 11.5 Å². The zero-order valence-corrected chi connectivity index (χ0v) is 12.8. The monoisotopic (exact) mass is 308 g/mol. The third kappa shape index (κ3) is 3.70. The average molecular weight is 308 g/mol. The summed E-state index contributed by atoms with van der Waals surface area (Å²) in [7, 11) is 0. The lowest BCUT2D eigenvalue weighted by Gasteiger charge is -2.30. The van der Waals surface area contributed by atoms with Crippen molar-refractivity contribution in [1.29, 1.82) is 0 Å². The minimum absolute atomic E-state index is 0.0113. The summed E-state index contributed by atoms with van der Waals surface area (Å²) in [5.74, 6) is -0.0359. The number of phenolic OH excluding ortho intramolecular Hbond substituents is 2. The summed E-state index contributed by atoms with van der Waals surface area (Å²) >= 11 is 0. The summed E-state index contributed by atoms with van der Waals surface area (Å²) in [5.41, 5.74) is 1.90. The Kier molecular flexibility index (Phi) is 5.15. The molecule has 2 saturated heterocycles. The van der Waals surface area contributed by atoms with Gasteiger partial charge in [-0.1, -0.05) is 6.07 Å². The van der Waals surface area contributed by atoms with Crippen LogP contribution in [0.2, 0.25) is 0 Å². The molecule has 2 N–H and O–H groups in total. The van der Waals surface area contributed by atoms with E-state index >= 15 is 0 Å². The number of nitrogens with zero attached hydrogens (tertiary/aromatic N) is 2. The number of ether oxygens (including phenoxy) is 2. The van der Waals surface area contributed by atoms with E-state index in [4.69, 9.17) is 9.47 Å². The van der Waals surface area contributed by atoms with Gasteiger partial charge in [0.25, 0.3) is 0 Å². The Labute approximate surface area is 130 Å². The van der Waals surface area contributed by atoms with Crippen LogP contribution in [0.1, 0.15) is 11.1 Å². The largest absolute Gasteiger partial charge is 0.504 e. The average Bonchev–Trinajstić information content (AvgIpc) is 2.56. The molecule has 0 spiro atoms. The van der Waals surface area contributed by atoms with Crippen LogP contribution in [0.15, 0.2) is 12.1 Å². The number of rotatable bonds is 4. The summed E-state index contributed by atoms with van der Waals surface area (Å²) in [6.07, 6.45) is 0. The Balaban J connectivity index is 1.77. The molecule has 122 valence electrons. The van der Waals surface area contributed by atoms with Crippen LogP contribution in [0, 0.1) is 0 Å². The van der Waals surface area contributed by atoms with Crippen LogP contribution in [0.3, 0.4) is 0 Å². The first-order chi connectivity index (χ1) is 10.7. The predicted octanol–water partition coefficient (Wildman–Crippen LogP) is 0.762. The number of morpholine rings is 2. The van der Waals surface area contributed by atoms with Crippen molar-refractivity contribution in [2.24, 2.45) is 0 Å². The van der Waals surface area contributed by atoms with Crippen molar-refractivity contribution in [2.75, 3.05) is 52.6 Å². The van der Waals surface area contributed by atoms with Crippen molar-refractivity contribution >= 4 is 0 Å². The molecular formula is C16H24N2O4. The fourth-order valence-electron chi connectivity index (χ4n) is 2.97. The van der Waals surface area contributed by atoms with Crippen LogP contribution in [0.25, 0.3) is 0 Å². The second-order valence-corrected chi connectivity index (χ2v) is 5.85. The lowest BCUT2D eigenvalue weighted by molar-refractivity contribution is 0.0306. The van der Waals surface area contributed by atoms with Crippen LogP contribution >= 0.6 is 0 Å². The highest BCUT2D eigenvalue weighted by atomic mass is 16.5. The molecule has 2 fully saturated rings. The third-order valence-corrected chi connectivity index (χ3v) is 4.34. The molecule has 0 atom stereocenters. The maximum atomic E-state index is 10.3. The second kappa shape index (κ2) is 7.28. The molecule has 0 radical (unpaired) electrons. The molecule has 2 heterocycles. The smallest absolute Gasteiger partial charge is 0.162 e. The Hall–Kier alpha value is -1.34. The van der Waals surface area contributed by atoms with Gasteiger partial charge in [0.2, 0.25) is 0 Å². The molecule has 2 aliphatic heterocycles. The molecule has 1 aromatic rings. The van der Waals surface area contributed by atoms with Crippen LogP contribution in [-0.2, 0) is 22.6 Å². The fraction of sp³-hybridized carbons (Fsp3) is 0.625. The fourth-order valence-corrected chi connectivity index (χ4v) is 2.97. The van der Waals surface area contributed by atoms with E-state index in [1.165, 1.54) is 0 Å². The summed E-state index contributed by atoms with van der Waals surface area (Å²) in [4.78, 5) is 4.57. The summed E-state index contributed by atoms with van der Waals surface area (Å²) in [6.45, 7) is 7.87. The van der Waals surface area contributed by atoms with Crippen molar-refractivity contribution in [1.82, 2.24) is 9.80 Å². The lowest BCUT2D eigenvalue weighted by Crippen LogP contribution is -2.37. The van der Waals surface area contributed by atoms with Gasteiger partial charge in [-0.15, -0.1) is 0 Å². The van der Waals surface area contributed by atoms with Gasteiger partial charge in [0.05, 0.1) is 26.4 Å². The number of benzene rings is 1. The molecule has 6 heteroatoms. The number of phenols is 2. The molecule has 0 bridgehead atoms. The minimum atomic E-state index is -0.0472. The van der Waals surface area contributed by atoms with E-state index in [0.29, 0.717) is 6.54 Å². The molecule has 0 amide bonds. The molecular weight excluding hydrogens is 284 g/mol. The zero-order chi connectivity index (χ0) is 15.4. The molecule has 2 aliphatic rings. The van der Waals surface area contributed by atoms with E-state index < -0.39 is 0 Å². The number of aromatic hydroxyl groups is 2. The van der Waals surface area contributed by atoms with Gasteiger partial charge in [-0.2, -0.15) is 0 Å². The van der Waals surface area contributed by atoms with Gasteiger partial charge in [0.1, 0.15) is 0 Å². The van der Waals surface area contributed by atoms with E-state index in [1.807, 2.05) is 6.07 Å². The predicted molar refractivity (Wildman–Crippen MR) is 82.0 cm³/mol. The van der Waals surface area contributed by atoms with Crippen LogP contribution < -0.4 is 0 Å². The lowest BCUT2D eigenvalue weighted by atomic mass is 10.0. The molecule has 22 heavy (non-hydrogen) atoms. The standard InChI is InChI=1S/C16H24N2O4/c19-15-2-1-13(11-17-3-7-21-8-4-17)14(16(15)20)12-18-5-9-22-10-6-18/h1-2,19-20H,3-12H2. The highest BCUT2D eigenvalue weighted by Crippen LogP contribution is 2.33. The maximum absolute atomic E-state index is 10.3. The number of hydrogen-bond donors (Lipinski definition) is 2. The highest BCUT2D eigenvalue weighted by molar-refractivity contribution is 5.49. The van der Waals surface area contributed by atoms with E-state index in [2.05, 4.69) is 9.80 Å². The topological polar surface area (TPSA) is 65.4 Å². The van der Waals surface area contributed by atoms with Gasteiger partial charge in [0.15, 0.2) is 11.5 Å². The Morgan fingerprint density at radius 3 is 1.95 bits per heavy atom. The number of hydrogen-bond acceptors (Lipinski definition) is 6. The SMILES string of the molecule is Oc1ccc(CN2CCOCC2)c(CN2CCOCC2)c1O. The van der Waals surface area contributed by atoms with Gasteiger partial charge in [0, 0.05) is 44.8 Å². The van der Waals surface area contributed by atoms with Gasteiger partial charge >= 0.3 is 0 Å². The molecule has 3 rings (SSSR count). The van der Waals surface area contributed by atoms with Crippen LogP contribution in [0.5, 0.6) is 11.5 Å². The van der Waals surface area contributed by atoms with Gasteiger partial charge in [-0.25, -0.2) is 0 Å². The first-order valence-electron chi connectivity index (χ1n) is 7.87. The third-order valence-electron chi connectivity index (χ3n) is 4.34. The Morgan fingerprint density at radius 1 is 0.818 bits per heavy atom. The Morgan fingerprint density at radius 2 is 1.36 bits per heavy atom. The van der Waals surface area contributed by atoms with Crippen molar-refractivity contribution in [3.63, 3.8) is 0 Å². The zero-order valence-electron chi connectivity index (χ0n) is 12.8.